The summed E-state index contributed by atoms with van der Waals surface area (Å²) < 4.78 is 26.8. The van der Waals surface area contributed by atoms with E-state index >= 15 is 0 Å². The van der Waals surface area contributed by atoms with Gasteiger partial charge in [0.15, 0.2) is 0 Å². The number of nitrogen functional groups attached to an aromatic ring is 1. The van der Waals surface area contributed by atoms with Gasteiger partial charge < -0.3 is 5.73 Å². The van der Waals surface area contributed by atoms with Crippen molar-refractivity contribution in [3.8, 4) is 0 Å². The molecule has 0 aliphatic rings. The van der Waals surface area contributed by atoms with E-state index in [1.54, 1.807) is 0 Å². The monoisotopic (exact) mass is 409 g/mol. The molecule has 2 aromatic rings. The quantitative estimate of drug-likeness (QED) is 0.785. The number of aromatic nitrogens is 1. The molecule has 0 aliphatic heterocycles. The standard InChI is InChI=1S/C12H13BrClN3O2S2/c1-7-16-9(6-20-7)5-17(2)21(18,19)11-4-8(14)3-10(15)12(11)13/h3-4,6H,5,15H2,1-2H3. The third-order valence-electron chi connectivity index (χ3n) is 2.77. The van der Waals surface area contributed by atoms with Crippen LogP contribution in [0.5, 0.6) is 0 Å². The van der Waals surface area contributed by atoms with Crippen LogP contribution in [0.2, 0.25) is 5.02 Å². The smallest absolute Gasteiger partial charge is 0.244 e. The first-order valence-corrected chi connectivity index (χ1v) is 9.32. The molecular weight excluding hydrogens is 398 g/mol. The molecule has 5 nitrogen and oxygen atoms in total. The number of anilines is 1. The number of hydrogen-bond donors (Lipinski definition) is 1. The van der Waals surface area contributed by atoms with E-state index in [-0.39, 0.29) is 22.2 Å². The maximum Gasteiger partial charge on any atom is 0.244 e. The summed E-state index contributed by atoms with van der Waals surface area (Å²) in [6, 6.07) is 2.87. The molecule has 0 fully saturated rings. The van der Waals surface area contributed by atoms with Crippen molar-refractivity contribution in [2.75, 3.05) is 12.8 Å². The lowest BCUT2D eigenvalue weighted by Crippen LogP contribution is -2.27. The highest BCUT2D eigenvalue weighted by Gasteiger charge is 2.25. The molecule has 0 saturated carbocycles. The van der Waals surface area contributed by atoms with Crippen LogP contribution < -0.4 is 5.73 Å². The first-order valence-electron chi connectivity index (χ1n) is 5.83. The SMILES string of the molecule is Cc1nc(CN(C)S(=O)(=O)c2cc(Cl)cc(N)c2Br)cs1. The number of sulfonamides is 1. The molecule has 0 amide bonds. The second-order valence-corrected chi connectivity index (χ2v) is 8.73. The molecule has 0 saturated heterocycles. The zero-order chi connectivity index (χ0) is 15.8. The van der Waals surface area contributed by atoms with E-state index in [1.807, 2.05) is 12.3 Å². The van der Waals surface area contributed by atoms with Gasteiger partial charge in [-0.1, -0.05) is 11.6 Å². The average Bonchev–Trinajstić information content (AvgIpc) is 2.79. The summed E-state index contributed by atoms with van der Waals surface area (Å²) in [5, 5.41) is 3.00. The van der Waals surface area contributed by atoms with Gasteiger partial charge >= 0.3 is 0 Å². The van der Waals surface area contributed by atoms with Gasteiger partial charge in [-0.15, -0.1) is 11.3 Å². The Morgan fingerprint density at radius 3 is 2.71 bits per heavy atom. The van der Waals surface area contributed by atoms with Crippen LogP contribution in [0.1, 0.15) is 10.7 Å². The van der Waals surface area contributed by atoms with Crippen molar-refractivity contribution < 1.29 is 8.42 Å². The van der Waals surface area contributed by atoms with Crippen molar-refractivity contribution in [1.29, 1.82) is 0 Å². The highest BCUT2D eigenvalue weighted by molar-refractivity contribution is 9.10. The maximum absolute atomic E-state index is 12.6. The molecule has 114 valence electrons. The highest BCUT2D eigenvalue weighted by Crippen LogP contribution is 2.33. The number of halogens is 2. The molecule has 0 unspecified atom stereocenters. The predicted molar refractivity (Wildman–Crippen MR) is 89.1 cm³/mol. The third kappa shape index (κ3) is 3.57. The molecule has 21 heavy (non-hydrogen) atoms. The van der Waals surface area contributed by atoms with E-state index in [9.17, 15) is 8.42 Å². The van der Waals surface area contributed by atoms with Gasteiger partial charge in [0.05, 0.1) is 26.6 Å². The molecule has 0 atom stereocenters. The van der Waals surface area contributed by atoms with Crippen molar-refractivity contribution in [3.05, 3.63) is 37.7 Å². The molecule has 0 aliphatic carbocycles. The number of aryl methyl sites for hydroxylation is 1. The molecule has 2 N–H and O–H groups in total. The van der Waals surface area contributed by atoms with Crippen molar-refractivity contribution in [2.24, 2.45) is 0 Å². The van der Waals surface area contributed by atoms with Gasteiger partial charge in [-0.05, 0) is 35.0 Å². The summed E-state index contributed by atoms with van der Waals surface area (Å²) >= 11 is 10.6. The van der Waals surface area contributed by atoms with Gasteiger partial charge in [0.1, 0.15) is 0 Å². The lowest BCUT2D eigenvalue weighted by molar-refractivity contribution is 0.462. The molecule has 9 heteroatoms. The normalized spacial score (nSPS) is 12.0. The molecule has 0 radical (unpaired) electrons. The molecule has 1 aromatic carbocycles. The van der Waals surface area contributed by atoms with Gasteiger partial charge in [-0.3, -0.25) is 0 Å². The molecule has 2 rings (SSSR count). The molecule has 0 bridgehead atoms. The Hall–Kier alpha value is -0.670. The van der Waals surface area contributed by atoms with Gasteiger partial charge in [0.25, 0.3) is 0 Å². The summed E-state index contributed by atoms with van der Waals surface area (Å²) in [6.07, 6.45) is 0. The lowest BCUT2D eigenvalue weighted by atomic mass is 10.3. The Morgan fingerprint density at radius 1 is 1.48 bits per heavy atom. The first kappa shape index (κ1) is 16.7. The Balaban J connectivity index is 2.37. The zero-order valence-electron chi connectivity index (χ0n) is 11.3. The minimum atomic E-state index is -3.72. The van der Waals surface area contributed by atoms with Crippen molar-refractivity contribution in [3.63, 3.8) is 0 Å². The Kier molecular flexibility index (Phi) is 4.94. The van der Waals surface area contributed by atoms with E-state index in [2.05, 4.69) is 20.9 Å². The Bertz CT molecular complexity index is 777. The number of nitrogens with zero attached hydrogens (tertiary/aromatic N) is 2. The highest BCUT2D eigenvalue weighted by atomic mass is 79.9. The van der Waals surface area contributed by atoms with Crippen molar-refractivity contribution in [1.82, 2.24) is 9.29 Å². The van der Waals surface area contributed by atoms with Crippen LogP contribution in [0.3, 0.4) is 0 Å². The molecule has 0 spiro atoms. The summed E-state index contributed by atoms with van der Waals surface area (Å²) in [5.74, 6) is 0. The minimum Gasteiger partial charge on any atom is -0.398 e. The summed E-state index contributed by atoms with van der Waals surface area (Å²) in [4.78, 5) is 4.31. The minimum absolute atomic E-state index is 0.0435. The number of hydrogen-bond acceptors (Lipinski definition) is 5. The average molecular weight is 411 g/mol. The van der Waals surface area contributed by atoms with Crippen molar-refractivity contribution >= 4 is 54.6 Å². The van der Waals surface area contributed by atoms with E-state index in [0.29, 0.717) is 10.2 Å². The fraction of sp³-hybridized carbons (Fsp3) is 0.250. The van der Waals surface area contributed by atoms with Crippen LogP contribution in [0.15, 0.2) is 26.9 Å². The number of nitrogens with two attached hydrogens (primary N) is 1. The van der Waals surface area contributed by atoms with Crippen LogP contribution >= 0.6 is 38.9 Å². The van der Waals surface area contributed by atoms with Gasteiger partial charge in [-0.2, -0.15) is 4.31 Å². The lowest BCUT2D eigenvalue weighted by Gasteiger charge is -2.18. The summed E-state index contributed by atoms with van der Waals surface area (Å²) in [7, 11) is -2.22. The largest absolute Gasteiger partial charge is 0.398 e. The molecule has 1 heterocycles. The van der Waals surface area contributed by atoms with E-state index < -0.39 is 10.0 Å². The van der Waals surface area contributed by atoms with Gasteiger partial charge in [-0.25, -0.2) is 13.4 Å². The van der Waals surface area contributed by atoms with E-state index in [0.717, 1.165) is 5.01 Å². The van der Waals surface area contributed by atoms with Crippen molar-refractivity contribution in [2.45, 2.75) is 18.4 Å². The van der Waals surface area contributed by atoms with Gasteiger partial charge in [0, 0.05) is 23.1 Å². The van der Waals surface area contributed by atoms with Crippen LogP contribution in [0.25, 0.3) is 0 Å². The number of benzene rings is 1. The number of rotatable bonds is 4. The van der Waals surface area contributed by atoms with Crippen LogP contribution in [-0.2, 0) is 16.6 Å². The van der Waals surface area contributed by atoms with E-state index in [4.69, 9.17) is 17.3 Å². The van der Waals surface area contributed by atoms with Crippen LogP contribution in [0.4, 0.5) is 5.69 Å². The van der Waals surface area contributed by atoms with Crippen LogP contribution in [-0.4, -0.2) is 24.8 Å². The fourth-order valence-corrected chi connectivity index (χ4v) is 4.73. The second-order valence-electron chi connectivity index (χ2n) is 4.43. The number of thiazole rings is 1. The molecular formula is C12H13BrClN3O2S2. The second kappa shape index (κ2) is 6.21. The fourth-order valence-electron chi connectivity index (χ4n) is 1.73. The Morgan fingerprint density at radius 2 is 2.14 bits per heavy atom. The topological polar surface area (TPSA) is 76.3 Å². The Labute approximate surface area is 140 Å². The summed E-state index contributed by atoms with van der Waals surface area (Å²) in [5.41, 5.74) is 6.73. The van der Waals surface area contributed by atoms with E-state index in [1.165, 1.54) is 34.8 Å². The molecule has 1 aromatic heterocycles. The zero-order valence-corrected chi connectivity index (χ0v) is 15.3. The van der Waals surface area contributed by atoms with Crippen LogP contribution in [0, 0.1) is 6.92 Å². The first-order chi connectivity index (χ1) is 9.71. The maximum atomic E-state index is 12.6. The van der Waals surface area contributed by atoms with Gasteiger partial charge in [0.2, 0.25) is 10.0 Å². The summed E-state index contributed by atoms with van der Waals surface area (Å²) in [6.45, 7) is 2.06. The third-order valence-corrected chi connectivity index (χ3v) is 6.79. The predicted octanol–water partition coefficient (Wildman–Crippen LogP) is 3.27.